The quantitative estimate of drug-likeness (QED) is 0.680. The Balaban J connectivity index is 2.84. The molecule has 1 aliphatic heterocycles. The molecule has 0 bridgehead atoms. The maximum absolute atomic E-state index is 11.1. The molecule has 1 saturated heterocycles. The molecule has 86 valence electrons. The molecule has 0 unspecified atom stereocenters. The Morgan fingerprint density at radius 1 is 1.27 bits per heavy atom. The van der Waals surface area contributed by atoms with E-state index in [0.29, 0.717) is 5.57 Å². The summed E-state index contributed by atoms with van der Waals surface area (Å²) in [5.74, 6) is -0.165. The Morgan fingerprint density at radius 2 is 1.67 bits per heavy atom. The molecule has 0 aliphatic carbocycles. The lowest BCUT2D eigenvalue weighted by atomic mass is 9.73. The van der Waals surface area contributed by atoms with Gasteiger partial charge < -0.3 is 11.1 Å². The zero-order chi connectivity index (χ0) is 11.9. The number of hydrogen-bond donors (Lipinski definition) is 2. The first-order valence-corrected chi connectivity index (χ1v) is 5.41. The van der Waals surface area contributed by atoms with Crippen molar-refractivity contribution < 1.29 is 4.79 Å². The molecule has 3 nitrogen and oxygen atoms in total. The molecule has 1 rings (SSSR count). The average Bonchev–Trinajstić information content (AvgIpc) is 1.96. The van der Waals surface area contributed by atoms with Gasteiger partial charge >= 0.3 is 0 Å². The van der Waals surface area contributed by atoms with E-state index in [4.69, 9.17) is 5.73 Å². The lowest BCUT2D eigenvalue weighted by Gasteiger charge is -2.46. The van der Waals surface area contributed by atoms with Crippen LogP contribution in [0.4, 0.5) is 0 Å². The standard InChI is InChI=1S/C12H22N2O/c1-8(10(13)15)9-6-11(2,3)14-12(4,5)7-9/h9,14H,1,6-7H2,2-5H3,(H2,13,15). The summed E-state index contributed by atoms with van der Waals surface area (Å²) < 4.78 is 0. The largest absolute Gasteiger partial charge is 0.366 e. The molecule has 0 aromatic rings. The van der Waals surface area contributed by atoms with E-state index < -0.39 is 0 Å². The topological polar surface area (TPSA) is 55.1 Å². The fraction of sp³-hybridized carbons (Fsp3) is 0.750. The third kappa shape index (κ3) is 3.06. The molecule has 1 amide bonds. The number of nitrogens with one attached hydrogen (secondary N) is 1. The number of nitrogens with two attached hydrogens (primary N) is 1. The SMILES string of the molecule is C=C(C(N)=O)C1CC(C)(C)NC(C)(C)C1. The molecule has 3 heteroatoms. The predicted octanol–water partition coefficient (Wildman–Crippen LogP) is 1.58. The summed E-state index contributed by atoms with van der Waals surface area (Å²) in [6.45, 7) is 12.4. The van der Waals surface area contributed by atoms with E-state index in [9.17, 15) is 4.79 Å². The Hall–Kier alpha value is -0.830. The van der Waals surface area contributed by atoms with Gasteiger partial charge in [0.15, 0.2) is 0 Å². The van der Waals surface area contributed by atoms with Crippen molar-refractivity contribution in [3.05, 3.63) is 12.2 Å². The molecule has 1 fully saturated rings. The van der Waals surface area contributed by atoms with Crippen LogP contribution in [0.3, 0.4) is 0 Å². The van der Waals surface area contributed by atoms with E-state index in [1.54, 1.807) is 0 Å². The molecule has 15 heavy (non-hydrogen) atoms. The van der Waals surface area contributed by atoms with Crippen LogP contribution >= 0.6 is 0 Å². The van der Waals surface area contributed by atoms with Gasteiger partial charge in [0, 0.05) is 16.7 Å². The molecular weight excluding hydrogens is 188 g/mol. The van der Waals surface area contributed by atoms with Crippen LogP contribution in [0.2, 0.25) is 0 Å². The van der Waals surface area contributed by atoms with Crippen LogP contribution in [-0.2, 0) is 4.79 Å². The van der Waals surface area contributed by atoms with Crippen LogP contribution in [0.25, 0.3) is 0 Å². The molecule has 0 saturated carbocycles. The highest BCUT2D eigenvalue weighted by atomic mass is 16.1. The van der Waals surface area contributed by atoms with E-state index in [2.05, 4.69) is 39.6 Å². The van der Waals surface area contributed by atoms with Gasteiger partial charge in [-0.1, -0.05) is 6.58 Å². The van der Waals surface area contributed by atoms with E-state index >= 15 is 0 Å². The minimum atomic E-state index is -0.367. The van der Waals surface area contributed by atoms with Gasteiger partial charge in [0.25, 0.3) is 0 Å². The summed E-state index contributed by atoms with van der Waals surface area (Å²) in [6.07, 6.45) is 1.83. The lowest BCUT2D eigenvalue weighted by molar-refractivity contribution is -0.115. The second-order valence-electron chi connectivity index (χ2n) is 5.89. The zero-order valence-electron chi connectivity index (χ0n) is 10.2. The Labute approximate surface area is 92.1 Å². The average molecular weight is 210 g/mol. The number of carbonyl (C=O) groups is 1. The van der Waals surface area contributed by atoms with Crippen molar-refractivity contribution in [1.29, 1.82) is 0 Å². The highest BCUT2D eigenvalue weighted by molar-refractivity contribution is 5.91. The van der Waals surface area contributed by atoms with Crippen LogP contribution in [0.1, 0.15) is 40.5 Å². The third-order valence-electron chi connectivity index (χ3n) is 3.00. The number of primary amides is 1. The van der Waals surface area contributed by atoms with Crippen LogP contribution < -0.4 is 11.1 Å². The summed E-state index contributed by atoms with van der Waals surface area (Å²) in [7, 11) is 0. The van der Waals surface area contributed by atoms with Gasteiger partial charge in [-0.05, 0) is 46.5 Å². The van der Waals surface area contributed by atoms with E-state index in [0.717, 1.165) is 12.8 Å². The highest BCUT2D eigenvalue weighted by Crippen LogP contribution is 2.35. The number of amides is 1. The molecule has 3 N–H and O–H groups in total. The number of piperidine rings is 1. The first kappa shape index (κ1) is 12.2. The van der Waals surface area contributed by atoms with E-state index in [1.807, 2.05) is 0 Å². The Morgan fingerprint density at radius 3 is 2.00 bits per heavy atom. The molecule has 0 aromatic heterocycles. The van der Waals surface area contributed by atoms with Crippen LogP contribution in [0.5, 0.6) is 0 Å². The minimum Gasteiger partial charge on any atom is -0.366 e. The van der Waals surface area contributed by atoms with Gasteiger partial charge in [-0.2, -0.15) is 0 Å². The molecule has 0 radical (unpaired) electrons. The maximum atomic E-state index is 11.1. The third-order valence-corrected chi connectivity index (χ3v) is 3.00. The smallest absolute Gasteiger partial charge is 0.244 e. The number of carbonyl (C=O) groups excluding carboxylic acids is 1. The van der Waals surface area contributed by atoms with Gasteiger partial charge in [-0.25, -0.2) is 0 Å². The van der Waals surface area contributed by atoms with Gasteiger partial charge in [-0.15, -0.1) is 0 Å². The van der Waals surface area contributed by atoms with Crippen molar-refractivity contribution in [3.8, 4) is 0 Å². The van der Waals surface area contributed by atoms with Crippen molar-refractivity contribution in [1.82, 2.24) is 5.32 Å². The minimum absolute atomic E-state index is 0.0325. The summed E-state index contributed by atoms with van der Waals surface area (Å²) in [5.41, 5.74) is 5.92. The fourth-order valence-electron chi connectivity index (χ4n) is 2.77. The second-order valence-corrected chi connectivity index (χ2v) is 5.89. The number of hydrogen-bond acceptors (Lipinski definition) is 2. The number of rotatable bonds is 2. The first-order chi connectivity index (χ1) is 6.63. The molecule has 1 heterocycles. The summed E-state index contributed by atoms with van der Waals surface area (Å²) in [6, 6.07) is 0. The summed E-state index contributed by atoms with van der Waals surface area (Å²) in [5, 5.41) is 3.56. The molecule has 0 aromatic carbocycles. The van der Waals surface area contributed by atoms with Gasteiger partial charge in [0.05, 0.1) is 0 Å². The van der Waals surface area contributed by atoms with Gasteiger partial charge in [0.1, 0.15) is 0 Å². The van der Waals surface area contributed by atoms with Crippen molar-refractivity contribution in [3.63, 3.8) is 0 Å². The van der Waals surface area contributed by atoms with Crippen LogP contribution in [0, 0.1) is 5.92 Å². The summed E-state index contributed by atoms with van der Waals surface area (Å²) in [4.78, 5) is 11.1. The van der Waals surface area contributed by atoms with Crippen molar-refractivity contribution in [2.24, 2.45) is 11.7 Å². The van der Waals surface area contributed by atoms with E-state index in [1.165, 1.54) is 0 Å². The molecule has 0 atom stereocenters. The van der Waals surface area contributed by atoms with Crippen molar-refractivity contribution in [2.45, 2.75) is 51.6 Å². The molecule has 0 spiro atoms. The van der Waals surface area contributed by atoms with Crippen molar-refractivity contribution >= 4 is 5.91 Å². The Kier molecular flexibility index (Phi) is 2.97. The normalized spacial score (nSPS) is 24.8. The molecular formula is C12H22N2O. The van der Waals surface area contributed by atoms with Crippen molar-refractivity contribution in [2.75, 3.05) is 0 Å². The Bertz CT molecular complexity index is 276. The fourth-order valence-corrected chi connectivity index (χ4v) is 2.77. The van der Waals surface area contributed by atoms with E-state index in [-0.39, 0.29) is 22.9 Å². The maximum Gasteiger partial charge on any atom is 0.244 e. The lowest BCUT2D eigenvalue weighted by Crippen LogP contribution is -2.58. The first-order valence-electron chi connectivity index (χ1n) is 5.41. The van der Waals surface area contributed by atoms with Gasteiger partial charge in [0.2, 0.25) is 5.91 Å². The highest BCUT2D eigenvalue weighted by Gasteiger charge is 2.39. The zero-order valence-corrected chi connectivity index (χ0v) is 10.2. The summed E-state index contributed by atoms with van der Waals surface area (Å²) >= 11 is 0. The predicted molar refractivity (Wildman–Crippen MR) is 62.4 cm³/mol. The van der Waals surface area contributed by atoms with Crippen LogP contribution in [-0.4, -0.2) is 17.0 Å². The molecule has 1 aliphatic rings. The van der Waals surface area contributed by atoms with Crippen LogP contribution in [0.15, 0.2) is 12.2 Å². The monoisotopic (exact) mass is 210 g/mol. The second kappa shape index (κ2) is 3.63. The van der Waals surface area contributed by atoms with Gasteiger partial charge in [-0.3, -0.25) is 4.79 Å².